The summed E-state index contributed by atoms with van der Waals surface area (Å²) in [6.45, 7) is 2.23. The van der Waals surface area contributed by atoms with E-state index in [1.807, 2.05) is 0 Å². The van der Waals surface area contributed by atoms with Crippen molar-refractivity contribution in [3.63, 3.8) is 0 Å². The van der Waals surface area contributed by atoms with Crippen LogP contribution in [0, 0.1) is 5.41 Å². The fourth-order valence-corrected chi connectivity index (χ4v) is 5.08. The van der Waals surface area contributed by atoms with Crippen LogP contribution in [0.2, 0.25) is 0 Å². The van der Waals surface area contributed by atoms with Gasteiger partial charge in [0.25, 0.3) is 0 Å². The van der Waals surface area contributed by atoms with Crippen LogP contribution >= 0.6 is 15.9 Å². The van der Waals surface area contributed by atoms with Gasteiger partial charge in [0.15, 0.2) is 0 Å². The summed E-state index contributed by atoms with van der Waals surface area (Å²) in [6.07, 6.45) is 12.6. The van der Waals surface area contributed by atoms with Gasteiger partial charge in [-0.2, -0.15) is 0 Å². The van der Waals surface area contributed by atoms with Crippen molar-refractivity contribution in [3.8, 4) is 0 Å². The molecule has 0 atom stereocenters. The summed E-state index contributed by atoms with van der Waals surface area (Å²) in [5.41, 5.74) is 1.89. The molecule has 0 radical (unpaired) electrons. The number of ketones is 1. The van der Waals surface area contributed by atoms with E-state index in [9.17, 15) is 4.79 Å². The minimum Gasteiger partial charge on any atom is -0.299 e. The van der Waals surface area contributed by atoms with E-state index in [1.54, 1.807) is 0 Å². The first kappa shape index (κ1) is 17.2. The van der Waals surface area contributed by atoms with Crippen molar-refractivity contribution in [2.75, 3.05) is 0 Å². The van der Waals surface area contributed by atoms with E-state index in [1.165, 1.54) is 44.1 Å². The number of hydrogen-bond acceptors (Lipinski definition) is 1. The molecule has 4 rings (SSSR count). The standard InChI is InChI=1S/C21H29BrO/c1-2-3-4-5-6-19(23)21-14-11-20(12-15-21,13-16-21)17-7-9-18(22)10-8-17/h7-10H,2-6,11-16H2,1H3. The molecule has 0 unspecified atom stereocenters. The van der Waals surface area contributed by atoms with Crippen LogP contribution in [0.4, 0.5) is 0 Å². The van der Waals surface area contributed by atoms with Crippen LogP contribution in [0.3, 0.4) is 0 Å². The Bertz CT molecular complexity index is 521. The maximum absolute atomic E-state index is 12.8. The van der Waals surface area contributed by atoms with Crippen LogP contribution < -0.4 is 0 Å². The monoisotopic (exact) mass is 376 g/mol. The molecule has 0 N–H and O–H groups in total. The van der Waals surface area contributed by atoms with E-state index in [0.29, 0.717) is 11.2 Å². The number of fused-ring (bicyclic) bond motifs is 3. The molecule has 0 heterocycles. The third kappa shape index (κ3) is 3.43. The van der Waals surface area contributed by atoms with Crippen LogP contribution in [-0.4, -0.2) is 5.78 Å². The number of rotatable bonds is 7. The van der Waals surface area contributed by atoms with E-state index in [-0.39, 0.29) is 5.41 Å². The Balaban J connectivity index is 1.62. The molecule has 23 heavy (non-hydrogen) atoms. The Labute approximate surface area is 149 Å². The Morgan fingerprint density at radius 3 is 2.13 bits per heavy atom. The molecule has 1 aromatic rings. The number of carbonyl (C=O) groups excluding carboxylic acids is 1. The summed E-state index contributed by atoms with van der Waals surface area (Å²) in [4.78, 5) is 12.8. The first-order valence-corrected chi connectivity index (χ1v) is 10.2. The molecule has 126 valence electrons. The van der Waals surface area contributed by atoms with Gasteiger partial charge < -0.3 is 0 Å². The van der Waals surface area contributed by atoms with Gasteiger partial charge in [0.05, 0.1) is 0 Å². The lowest BCUT2D eigenvalue weighted by molar-refractivity contribution is -0.135. The molecule has 3 aliphatic carbocycles. The Hall–Kier alpha value is -0.630. The van der Waals surface area contributed by atoms with E-state index in [4.69, 9.17) is 0 Å². The zero-order valence-corrected chi connectivity index (χ0v) is 16.0. The third-order valence-corrected chi connectivity index (χ3v) is 7.08. The highest BCUT2D eigenvalue weighted by Crippen LogP contribution is 2.58. The second-order valence-electron chi connectivity index (χ2n) is 7.80. The molecule has 0 aromatic heterocycles. The molecule has 3 aliphatic rings. The van der Waals surface area contributed by atoms with Crippen molar-refractivity contribution in [2.45, 2.75) is 83.0 Å². The molecule has 0 amide bonds. The molecular weight excluding hydrogens is 348 g/mol. The Morgan fingerprint density at radius 2 is 1.57 bits per heavy atom. The van der Waals surface area contributed by atoms with Crippen molar-refractivity contribution >= 4 is 21.7 Å². The van der Waals surface area contributed by atoms with Gasteiger partial charge in [0.2, 0.25) is 0 Å². The summed E-state index contributed by atoms with van der Waals surface area (Å²) in [7, 11) is 0. The van der Waals surface area contributed by atoms with Gasteiger partial charge in [-0.05, 0) is 68.1 Å². The molecule has 2 bridgehead atoms. The van der Waals surface area contributed by atoms with E-state index in [0.717, 1.165) is 36.6 Å². The molecule has 0 saturated heterocycles. The Kier molecular flexibility index (Phi) is 5.30. The minimum absolute atomic E-state index is 0.0450. The zero-order valence-electron chi connectivity index (χ0n) is 14.4. The second-order valence-corrected chi connectivity index (χ2v) is 8.72. The van der Waals surface area contributed by atoms with Crippen LogP contribution in [0.15, 0.2) is 28.7 Å². The molecule has 0 aliphatic heterocycles. The van der Waals surface area contributed by atoms with Crippen molar-refractivity contribution < 1.29 is 4.79 Å². The van der Waals surface area contributed by atoms with Crippen molar-refractivity contribution in [3.05, 3.63) is 34.3 Å². The van der Waals surface area contributed by atoms with E-state index in [2.05, 4.69) is 47.1 Å². The molecule has 3 saturated carbocycles. The van der Waals surface area contributed by atoms with Gasteiger partial charge in [0.1, 0.15) is 5.78 Å². The summed E-state index contributed by atoms with van der Waals surface area (Å²) in [5, 5.41) is 0. The molecule has 0 spiro atoms. The lowest BCUT2D eigenvalue weighted by Gasteiger charge is -2.53. The van der Waals surface area contributed by atoms with Gasteiger partial charge in [0, 0.05) is 16.3 Å². The number of Topliss-reactive ketones (excluding diaryl/α,β-unsaturated/α-hetero) is 1. The van der Waals surface area contributed by atoms with Crippen LogP contribution in [0.1, 0.15) is 83.1 Å². The highest BCUT2D eigenvalue weighted by molar-refractivity contribution is 9.10. The predicted octanol–water partition coefficient (Wildman–Crippen LogP) is 6.58. The van der Waals surface area contributed by atoms with E-state index >= 15 is 0 Å². The summed E-state index contributed by atoms with van der Waals surface area (Å²) in [5.74, 6) is 0.581. The van der Waals surface area contributed by atoms with Crippen molar-refractivity contribution in [1.82, 2.24) is 0 Å². The van der Waals surface area contributed by atoms with Gasteiger partial charge >= 0.3 is 0 Å². The first-order chi connectivity index (χ1) is 11.1. The summed E-state index contributed by atoms with van der Waals surface area (Å²) >= 11 is 3.54. The molecule has 2 heteroatoms. The van der Waals surface area contributed by atoms with Gasteiger partial charge in [-0.15, -0.1) is 0 Å². The van der Waals surface area contributed by atoms with Gasteiger partial charge in [-0.1, -0.05) is 54.2 Å². The lowest BCUT2D eigenvalue weighted by Crippen LogP contribution is -2.47. The second kappa shape index (κ2) is 7.09. The van der Waals surface area contributed by atoms with Crippen LogP contribution in [0.5, 0.6) is 0 Å². The van der Waals surface area contributed by atoms with E-state index < -0.39 is 0 Å². The topological polar surface area (TPSA) is 17.1 Å². The maximum Gasteiger partial charge on any atom is 0.139 e. The predicted molar refractivity (Wildman–Crippen MR) is 99.7 cm³/mol. The quantitative estimate of drug-likeness (QED) is 0.491. The average molecular weight is 377 g/mol. The normalized spacial score (nSPS) is 29.7. The average Bonchev–Trinajstić information content (AvgIpc) is 2.60. The maximum atomic E-state index is 12.8. The van der Waals surface area contributed by atoms with Crippen LogP contribution in [0.25, 0.3) is 0 Å². The zero-order chi connectivity index (χ0) is 16.3. The summed E-state index contributed by atoms with van der Waals surface area (Å²) in [6, 6.07) is 8.91. The fourth-order valence-electron chi connectivity index (χ4n) is 4.82. The number of hydrogen-bond donors (Lipinski definition) is 0. The van der Waals surface area contributed by atoms with Crippen LogP contribution in [-0.2, 0) is 10.2 Å². The highest BCUT2D eigenvalue weighted by atomic mass is 79.9. The summed E-state index contributed by atoms with van der Waals surface area (Å²) < 4.78 is 1.15. The lowest BCUT2D eigenvalue weighted by atomic mass is 9.50. The number of benzene rings is 1. The highest BCUT2D eigenvalue weighted by Gasteiger charge is 2.52. The van der Waals surface area contributed by atoms with Gasteiger partial charge in [-0.25, -0.2) is 0 Å². The largest absolute Gasteiger partial charge is 0.299 e. The smallest absolute Gasteiger partial charge is 0.139 e. The number of unbranched alkanes of at least 4 members (excludes halogenated alkanes) is 3. The van der Waals surface area contributed by atoms with Gasteiger partial charge in [-0.3, -0.25) is 4.79 Å². The minimum atomic E-state index is 0.0450. The fraction of sp³-hybridized carbons (Fsp3) is 0.667. The first-order valence-electron chi connectivity index (χ1n) is 9.40. The van der Waals surface area contributed by atoms with Crippen molar-refractivity contribution in [1.29, 1.82) is 0 Å². The Morgan fingerprint density at radius 1 is 0.957 bits per heavy atom. The molecule has 3 fully saturated rings. The third-order valence-electron chi connectivity index (χ3n) is 6.55. The number of carbonyl (C=O) groups is 1. The van der Waals surface area contributed by atoms with Crippen molar-refractivity contribution in [2.24, 2.45) is 5.41 Å². The molecule has 1 nitrogen and oxygen atoms in total. The molecule has 1 aromatic carbocycles. The SMILES string of the molecule is CCCCCCC(=O)C12CCC(c3ccc(Br)cc3)(CC1)CC2. The molecular formula is C21H29BrO. The number of halogens is 1.